The van der Waals surface area contributed by atoms with Crippen LogP contribution in [0.5, 0.6) is 5.75 Å². The molecule has 1 atom stereocenters. The van der Waals surface area contributed by atoms with Gasteiger partial charge >= 0.3 is 0 Å². The van der Waals surface area contributed by atoms with Crippen molar-refractivity contribution in [3.63, 3.8) is 0 Å². The third-order valence-corrected chi connectivity index (χ3v) is 3.44. The van der Waals surface area contributed by atoms with Gasteiger partial charge in [0.2, 0.25) is 0 Å². The number of hydrogen-bond acceptors (Lipinski definition) is 4. The second-order valence-corrected chi connectivity index (χ2v) is 5.06. The number of methoxy groups -OCH3 is 1. The molecule has 0 bridgehead atoms. The molecule has 1 unspecified atom stereocenters. The van der Waals surface area contributed by atoms with Crippen molar-refractivity contribution < 1.29 is 9.47 Å². The summed E-state index contributed by atoms with van der Waals surface area (Å²) in [4.78, 5) is 2.33. The molecule has 0 amide bonds. The van der Waals surface area contributed by atoms with Crippen LogP contribution in [0.1, 0.15) is 5.56 Å². The van der Waals surface area contributed by atoms with Gasteiger partial charge in [0.15, 0.2) is 0 Å². The Labute approximate surface area is 115 Å². The molecule has 0 aromatic heterocycles. The monoisotopic (exact) mass is 264 g/mol. The van der Waals surface area contributed by atoms with E-state index in [4.69, 9.17) is 9.47 Å². The maximum absolute atomic E-state index is 5.71. The highest BCUT2D eigenvalue weighted by Gasteiger charge is 2.15. The molecule has 4 heteroatoms. The van der Waals surface area contributed by atoms with Crippen molar-refractivity contribution in [3.8, 4) is 5.75 Å². The van der Waals surface area contributed by atoms with Crippen LogP contribution in [0.4, 0.5) is 0 Å². The number of morpholine rings is 1. The molecule has 1 aliphatic heterocycles. The van der Waals surface area contributed by atoms with Gasteiger partial charge < -0.3 is 19.7 Å². The van der Waals surface area contributed by atoms with E-state index in [1.54, 1.807) is 7.11 Å². The van der Waals surface area contributed by atoms with Crippen molar-refractivity contribution in [1.82, 2.24) is 10.2 Å². The van der Waals surface area contributed by atoms with Crippen LogP contribution in [-0.4, -0.2) is 57.9 Å². The minimum absolute atomic E-state index is 0.323. The summed E-state index contributed by atoms with van der Waals surface area (Å²) in [6.45, 7) is 4.78. The fourth-order valence-corrected chi connectivity index (χ4v) is 2.32. The Balaban J connectivity index is 1.74. The molecule has 4 nitrogen and oxygen atoms in total. The van der Waals surface area contributed by atoms with Crippen molar-refractivity contribution in [2.24, 2.45) is 0 Å². The predicted octanol–water partition coefficient (Wildman–Crippen LogP) is 1.16. The van der Waals surface area contributed by atoms with E-state index in [2.05, 4.69) is 29.4 Å². The zero-order chi connectivity index (χ0) is 13.5. The van der Waals surface area contributed by atoms with Crippen LogP contribution in [-0.2, 0) is 11.2 Å². The Hall–Kier alpha value is -1.10. The zero-order valence-corrected chi connectivity index (χ0v) is 11.9. The maximum atomic E-state index is 5.71. The summed E-state index contributed by atoms with van der Waals surface area (Å²) in [5.74, 6) is 0.931. The summed E-state index contributed by atoms with van der Waals surface area (Å²) in [6, 6.07) is 8.28. The van der Waals surface area contributed by atoms with Crippen molar-refractivity contribution >= 4 is 0 Å². The SMILES string of the molecule is COc1cccc(CCN(C)CC2CNCCO2)c1. The topological polar surface area (TPSA) is 33.7 Å². The molecule has 0 aliphatic carbocycles. The second kappa shape index (κ2) is 7.48. The van der Waals surface area contributed by atoms with Gasteiger partial charge in [0.25, 0.3) is 0 Å². The highest BCUT2D eigenvalue weighted by molar-refractivity contribution is 5.28. The van der Waals surface area contributed by atoms with Gasteiger partial charge in [-0.3, -0.25) is 0 Å². The lowest BCUT2D eigenvalue weighted by Gasteiger charge is -2.28. The van der Waals surface area contributed by atoms with E-state index < -0.39 is 0 Å². The van der Waals surface area contributed by atoms with Crippen LogP contribution in [0.2, 0.25) is 0 Å². The normalized spacial score (nSPS) is 19.6. The van der Waals surface area contributed by atoms with E-state index in [0.29, 0.717) is 6.10 Å². The molecule has 0 radical (unpaired) electrons. The van der Waals surface area contributed by atoms with Gasteiger partial charge in [-0.2, -0.15) is 0 Å². The molecule has 1 aliphatic rings. The van der Waals surface area contributed by atoms with Gasteiger partial charge in [-0.1, -0.05) is 12.1 Å². The minimum atomic E-state index is 0.323. The van der Waals surface area contributed by atoms with E-state index in [-0.39, 0.29) is 0 Å². The zero-order valence-electron chi connectivity index (χ0n) is 11.9. The Morgan fingerprint density at radius 3 is 3.11 bits per heavy atom. The number of rotatable bonds is 6. The molecule has 106 valence electrons. The molecule has 2 rings (SSSR count). The first kappa shape index (κ1) is 14.3. The summed E-state index contributed by atoms with van der Waals surface area (Å²) in [7, 11) is 3.86. The summed E-state index contributed by atoms with van der Waals surface area (Å²) >= 11 is 0. The molecule has 1 aromatic rings. The van der Waals surface area contributed by atoms with E-state index in [1.165, 1.54) is 5.56 Å². The summed E-state index contributed by atoms with van der Waals surface area (Å²) in [6.07, 6.45) is 1.36. The van der Waals surface area contributed by atoms with Crippen LogP contribution in [0.25, 0.3) is 0 Å². The number of nitrogens with one attached hydrogen (secondary N) is 1. The number of ether oxygens (including phenoxy) is 2. The highest BCUT2D eigenvalue weighted by Crippen LogP contribution is 2.13. The Morgan fingerprint density at radius 1 is 1.47 bits per heavy atom. The number of hydrogen-bond donors (Lipinski definition) is 1. The fourth-order valence-electron chi connectivity index (χ4n) is 2.32. The first-order valence-corrected chi connectivity index (χ1v) is 6.91. The summed E-state index contributed by atoms with van der Waals surface area (Å²) < 4.78 is 11.0. The van der Waals surface area contributed by atoms with Crippen molar-refractivity contribution in [1.29, 1.82) is 0 Å². The van der Waals surface area contributed by atoms with E-state index in [9.17, 15) is 0 Å². The fraction of sp³-hybridized carbons (Fsp3) is 0.600. The van der Waals surface area contributed by atoms with Gasteiger partial charge in [0.1, 0.15) is 5.75 Å². The van der Waals surface area contributed by atoms with Crippen LogP contribution in [0, 0.1) is 0 Å². The first-order chi connectivity index (χ1) is 9.28. The average Bonchev–Trinajstić information content (AvgIpc) is 2.46. The second-order valence-electron chi connectivity index (χ2n) is 5.06. The number of benzene rings is 1. The molecule has 1 heterocycles. The molecule has 1 saturated heterocycles. The quantitative estimate of drug-likeness (QED) is 0.836. The Kier molecular flexibility index (Phi) is 5.63. The lowest BCUT2D eigenvalue weighted by Crippen LogP contribution is -2.44. The molecule has 19 heavy (non-hydrogen) atoms. The van der Waals surface area contributed by atoms with Crippen LogP contribution in [0.3, 0.4) is 0 Å². The molecule has 0 spiro atoms. The predicted molar refractivity (Wildman–Crippen MR) is 76.8 cm³/mol. The lowest BCUT2D eigenvalue weighted by molar-refractivity contribution is 0.0103. The van der Waals surface area contributed by atoms with Crippen molar-refractivity contribution in [2.75, 3.05) is 46.9 Å². The van der Waals surface area contributed by atoms with Crippen LogP contribution < -0.4 is 10.1 Å². The van der Waals surface area contributed by atoms with E-state index in [0.717, 1.165) is 45.0 Å². The van der Waals surface area contributed by atoms with Gasteiger partial charge in [0, 0.05) is 26.2 Å². The number of likely N-dealkylation sites (N-methyl/N-ethyl adjacent to an activating group) is 1. The molecular formula is C15H24N2O2. The standard InChI is InChI=1S/C15H24N2O2/c1-17(12-15-11-16-7-9-19-15)8-6-13-4-3-5-14(10-13)18-2/h3-5,10,15-16H,6-9,11-12H2,1-2H3. The first-order valence-electron chi connectivity index (χ1n) is 6.91. The average molecular weight is 264 g/mol. The third kappa shape index (κ3) is 4.82. The smallest absolute Gasteiger partial charge is 0.119 e. The lowest BCUT2D eigenvalue weighted by atomic mass is 10.1. The summed E-state index contributed by atoms with van der Waals surface area (Å²) in [5.41, 5.74) is 1.31. The maximum Gasteiger partial charge on any atom is 0.119 e. The Morgan fingerprint density at radius 2 is 2.37 bits per heavy atom. The number of nitrogens with zero attached hydrogens (tertiary/aromatic N) is 1. The van der Waals surface area contributed by atoms with E-state index >= 15 is 0 Å². The van der Waals surface area contributed by atoms with Crippen molar-refractivity contribution in [3.05, 3.63) is 29.8 Å². The molecule has 1 fully saturated rings. The van der Waals surface area contributed by atoms with Gasteiger partial charge in [-0.05, 0) is 31.2 Å². The van der Waals surface area contributed by atoms with Gasteiger partial charge in [0.05, 0.1) is 19.8 Å². The van der Waals surface area contributed by atoms with E-state index in [1.807, 2.05) is 12.1 Å². The highest BCUT2D eigenvalue weighted by atomic mass is 16.5. The van der Waals surface area contributed by atoms with Crippen LogP contribution in [0.15, 0.2) is 24.3 Å². The van der Waals surface area contributed by atoms with Gasteiger partial charge in [-0.15, -0.1) is 0 Å². The largest absolute Gasteiger partial charge is 0.497 e. The molecule has 1 N–H and O–H groups in total. The summed E-state index contributed by atoms with van der Waals surface area (Å²) in [5, 5.41) is 3.36. The third-order valence-electron chi connectivity index (χ3n) is 3.44. The molecular weight excluding hydrogens is 240 g/mol. The van der Waals surface area contributed by atoms with Crippen LogP contribution >= 0.6 is 0 Å². The Bertz CT molecular complexity index is 378. The molecule has 1 aromatic carbocycles. The van der Waals surface area contributed by atoms with Gasteiger partial charge in [-0.25, -0.2) is 0 Å². The molecule has 0 saturated carbocycles. The minimum Gasteiger partial charge on any atom is -0.497 e. The van der Waals surface area contributed by atoms with Crippen molar-refractivity contribution in [2.45, 2.75) is 12.5 Å².